The van der Waals surface area contributed by atoms with Gasteiger partial charge >= 0.3 is 0 Å². The zero-order chi connectivity index (χ0) is 20.7. The Morgan fingerprint density at radius 1 is 1.14 bits per heavy atom. The Balaban J connectivity index is 1.89. The Kier molecular flexibility index (Phi) is 5.23. The molecule has 1 aliphatic rings. The van der Waals surface area contributed by atoms with Crippen molar-refractivity contribution in [3.63, 3.8) is 0 Å². The number of rotatable bonds is 4. The highest BCUT2D eigenvalue weighted by Crippen LogP contribution is 2.23. The molecule has 154 valence electrons. The Morgan fingerprint density at radius 3 is 2.55 bits per heavy atom. The number of pyridine rings is 1. The minimum Gasteiger partial charge on any atom is -0.328 e. The lowest BCUT2D eigenvalue weighted by atomic mass is 9.99. The van der Waals surface area contributed by atoms with Crippen LogP contribution in [0, 0.1) is 13.8 Å². The molecule has 1 aromatic carbocycles. The van der Waals surface area contributed by atoms with E-state index in [0.717, 1.165) is 54.0 Å². The molecule has 0 bridgehead atoms. The molecule has 4 rings (SSSR count). The number of piperazine rings is 1. The van der Waals surface area contributed by atoms with Crippen LogP contribution in [-0.4, -0.2) is 58.4 Å². The minimum absolute atomic E-state index is 0.0479. The summed E-state index contributed by atoms with van der Waals surface area (Å²) in [4.78, 5) is 19.3. The van der Waals surface area contributed by atoms with E-state index in [2.05, 4.69) is 67.4 Å². The standard InChI is InChI=1S/C21H29N7O/c1-13(2)28-20(23-24-25-28)19(27-10-8-26(5)9-11-27)17-12-16-7-6-14(3)15(4)18(16)22-21(17)29/h6-7,12-13,19H,8-11H2,1-5H3,(H,22,29)/p+2/t19-/m1/s1. The molecule has 2 aromatic heterocycles. The van der Waals surface area contributed by atoms with Crippen LogP contribution < -0.4 is 15.4 Å². The largest absolute Gasteiger partial charge is 0.328 e. The normalized spacial score (nSPS) is 21.0. The second kappa shape index (κ2) is 7.68. The molecular weight excluding hydrogens is 366 g/mol. The van der Waals surface area contributed by atoms with Gasteiger partial charge in [0.2, 0.25) is 5.82 Å². The maximum Gasteiger partial charge on any atom is 0.258 e. The van der Waals surface area contributed by atoms with Crippen molar-refractivity contribution in [2.24, 2.45) is 0 Å². The first-order valence-electron chi connectivity index (χ1n) is 10.4. The quantitative estimate of drug-likeness (QED) is 0.539. The summed E-state index contributed by atoms with van der Waals surface area (Å²) in [7, 11) is 2.22. The maximum atomic E-state index is 13.3. The van der Waals surface area contributed by atoms with Crippen molar-refractivity contribution in [1.29, 1.82) is 0 Å². The summed E-state index contributed by atoms with van der Waals surface area (Å²) in [6.07, 6.45) is 0. The zero-order valence-electron chi connectivity index (χ0n) is 17.9. The fraction of sp³-hybridized carbons (Fsp3) is 0.524. The SMILES string of the molecule is Cc1ccc2cc([C@H](c3nnnn3C(C)C)[NH+]3CC[NH+](C)CC3)c(=O)[nH]c2c1C. The number of nitrogens with one attached hydrogen (secondary N) is 3. The number of benzene rings is 1. The summed E-state index contributed by atoms with van der Waals surface area (Å²) in [5.74, 6) is 0.767. The van der Waals surface area contributed by atoms with E-state index < -0.39 is 0 Å². The van der Waals surface area contributed by atoms with Gasteiger partial charge in [0.25, 0.3) is 5.56 Å². The van der Waals surface area contributed by atoms with Crippen molar-refractivity contribution >= 4 is 10.9 Å². The van der Waals surface area contributed by atoms with Crippen molar-refractivity contribution in [2.75, 3.05) is 33.2 Å². The average molecular weight is 398 g/mol. The Bertz CT molecular complexity index is 1080. The second-order valence-corrected chi connectivity index (χ2v) is 8.65. The number of nitrogens with zero attached hydrogens (tertiary/aromatic N) is 4. The summed E-state index contributed by atoms with van der Waals surface area (Å²) >= 11 is 0. The fourth-order valence-corrected chi connectivity index (χ4v) is 4.34. The zero-order valence-corrected chi connectivity index (χ0v) is 17.9. The van der Waals surface area contributed by atoms with Crippen LogP contribution in [0.2, 0.25) is 0 Å². The van der Waals surface area contributed by atoms with Crippen LogP contribution in [0.5, 0.6) is 0 Å². The first-order chi connectivity index (χ1) is 13.9. The molecule has 1 fully saturated rings. The van der Waals surface area contributed by atoms with Crippen LogP contribution in [0.1, 0.15) is 48.4 Å². The van der Waals surface area contributed by atoms with E-state index in [1.807, 2.05) is 10.7 Å². The highest BCUT2D eigenvalue weighted by Gasteiger charge is 2.37. The van der Waals surface area contributed by atoms with Gasteiger partial charge in [0.05, 0.1) is 24.2 Å². The predicted octanol–water partition coefficient (Wildman–Crippen LogP) is -0.785. The van der Waals surface area contributed by atoms with Gasteiger partial charge in [-0.2, -0.15) is 0 Å². The third-order valence-electron chi connectivity index (χ3n) is 6.31. The van der Waals surface area contributed by atoms with Crippen molar-refractivity contribution < 1.29 is 9.80 Å². The van der Waals surface area contributed by atoms with Gasteiger partial charge in [-0.25, -0.2) is 4.68 Å². The van der Waals surface area contributed by atoms with Crippen molar-refractivity contribution in [2.45, 2.75) is 39.8 Å². The molecule has 0 saturated carbocycles. The molecule has 0 aliphatic carbocycles. The van der Waals surface area contributed by atoms with Crippen LogP contribution in [0.4, 0.5) is 0 Å². The smallest absolute Gasteiger partial charge is 0.258 e. The number of hydrogen-bond donors (Lipinski definition) is 3. The summed E-state index contributed by atoms with van der Waals surface area (Å²) in [6.45, 7) is 12.3. The predicted molar refractivity (Wildman–Crippen MR) is 111 cm³/mol. The highest BCUT2D eigenvalue weighted by molar-refractivity contribution is 5.83. The summed E-state index contributed by atoms with van der Waals surface area (Å²) in [6, 6.07) is 6.19. The molecule has 1 atom stereocenters. The average Bonchev–Trinajstić information content (AvgIpc) is 3.17. The van der Waals surface area contributed by atoms with Gasteiger partial charge in [-0.3, -0.25) is 4.79 Å². The molecule has 1 saturated heterocycles. The van der Waals surface area contributed by atoms with Gasteiger partial charge in [0.1, 0.15) is 26.2 Å². The lowest BCUT2D eigenvalue weighted by Crippen LogP contribution is -3.27. The van der Waals surface area contributed by atoms with Crippen LogP contribution >= 0.6 is 0 Å². The number of aromatic amines is 1. The third kappa shape index (κ3) is 3.58. The summed E-state index contributed by atoms with van der Waals surface area (Å²) in [5.41, 5.74) is 3.90. The van der Waals surface area contributed by atoms with Gasteiger partial charge < -0.3 is 14.8 Å². The van der Waals surface area contributed by atoms with Crippen molar-refractivity contribution in [1.82, 2.24) is 25.2 Å². The molecule has 29 heavy (non-hydrogen) atoms. The first kappa shape index (κ1) is 19.7. The molecule has 3 aromatic rings. The van der Waals surface area contributed by atoms with Crippen LogP contribution in [0.15, 0.2) is 23.0 Å². The van der Waals surface area contributed by atoms with E-state index in [1.165, 1.54) is 15.4 Å². The van der Waals surface area contributed by atoms with Gasteiger partial charge in [-0.05, 0) is 60.7 Å². The van der Waals surface area contributed by atoms with Gasteiger partial charge in [0, 0.05) is 0 Å². The second-order valence-electron chi connectivity index (χ2n) is 8.65. The molecule has 3 heterocycles. The Labute approximate surface area is 170 Å². The van der Waals surface area contributed by atoms with E-state index in [9.17, 15) is 4.79 Å². The number of aryl methyl sites for hydroxylation is 2. The number of fused-ring (bicyclic) bond motifs is 1. The van der Waals surface area contributed by atoms with Gasteiger partial charge in [0.15, 0.2) is 6.04 Å². The third-order valence-corrected chi connectivity index (χ3v) is 6.31. The molecule has 8 heteroatoms. The molecule has 0 amide bonds. The molecule has 3 N–H and O–H groups in total. The van der Waals surface area contributed by atoms with Crippen LogP contribution in [-0.2, 0) is 0 Å². The number of hydrogen-bond acceptors (Lipinski definition) is 4. The molecule has 0 spiro atoms. The summed E-state index contributed by atoms with van der Waals surface area (Å²) < 4.78 is 1.85. The molecule has 8 nitrogen and oxygen atoms in total. The first-order valence-corrected chi connectivity index (χ1v) is 10.4. The number of tetrazole rings is 1. The summed E-state index contributed by atoms with van der Waals surface area (Å²) in [5, 5.41) is 13.6. The van der Waals surface area contributed by atoms with Crippen LogP contribution in [0.25, 0.3) is 10.9 Å². The van der Waals surface area contributed by atoms with E-state index in [4.69, 9.17) is 0 Å². The van der Waals surface area contributed by atoms with Crippen molar-refractivity contribution in [3.05, 3.63) is 51.1 Å². The Morgan fingerprint density at radius 2 is 1.86 bits per heavy atom. The highest BCUT2D eigenvalue weighted by atomic mass is 16.1. The van der Waals surface area contributed by atoms with E-state index >= 15 is 0 Å². The monoisotopic (exact) mass is 397 g/mol. The molecule has 0 radical (unpaired) electrons. The number of H-pyrrole nitrogens is 1. The maximum absolute atomic E-state index is 13.3. The topological polar surface area (TPSA) is 85.3 Å². The molecular formula is C21H31N7O+2. The fourth-order valence-electron chi connectivity index (χ4n) is 4.34. The van der Waals surface area contributed by atoms with Crippen LogP contribution in [0.3, 0.4) is 0 Å². The van der Waals surface area contributed by atoms with E-state index in [-0.39, 0.29) is 17.6 Å². The van der Waals surface area contributed by atoms with E-state index in [1.54, 1.807) is 0 Å². The number of likely N-dealkylation sites (N-methyl/N-ethyl adjacent to an activating group) is 1. The number of quaternary nitrogens is 2. The molecule has 1 aliphatic heterocycles. The van der Waals surface area contributed by atoms with Gasteiger partial charge in [-0.1, -0.05) is 12.1 Å². The van der Waals surface area contributed by atoms with E-state index in [0.29, 0.717) is 0 Å². The van der Waals surface area contributed by atoms with Gasteiger partial charge in [-0.15, -0.1) is 5.10 Å². The lowest BCUT2D eigenvalue weighted by molar-refractivity contribution is -1.02. The number of aromatic nitrogens is 5. The lowest BCUT2D eigenvalue weighted by Gasteiger charge is -2.32. The van der Waals surface area contributed by atoms with Crippen molar-refractivity contribution in [3.8, 4) is 0 Å². The minimum atomic E-state index is -0.185. The Hall–Kier alpha value is -2.58. The molecule has 0 unspecified atom stereocenters.